The SMILES string of the molecule is O=C1/C=C\C(=O)OC2(CO)OC(=O)C(CO)(O1)OC2=O. The highest BCUT2D eigenvalue weighted by Crippen LogP contribution is 2.31. The van der Waals surface area contributed by atoms with E-state index < -0.39 is 48.7 Å². The first-order valence-corrected chi connectivity index (χ1v) is 5.20. The summed E-state index contributed by atoms with van der Waals surface area (Å²) in [5, 5.41) is 18.2. The lowest BCUT2D eigenvalue weighted by Crippen LogP contribution is -2.65. The average Bonchev–Trinajstić information content (AvgIpc) is 2.41. The molecule has 1 fully saturated rings. The van der Waals surface area contributed by atoms with Crippen LogP contribution in [0.1, 0.15) is 0 Å². The average molecular weight is 288 g/mol. The highest BCUT2D eigenvalue weighted by Gasteiger charge is 2.63. The molecule has 108 valence electrons. The number of hydrogen-bond donors (Lipinski definition) is 2. The molecule has 3 aliphatic rings. The summed E-state index contributed by atoms with van der Waals surface area (Å²) < 4.78 is 18.0. The van der Waals surface area contributed by atoms with Crippen LogP contribution in [0.25, 0.3) is 0 Å². The molecule has 0 amide bonds. The van der Waals surface area contributed by atoms with Crippen LogP contribution in [0.2, 0.25) is 0 Å². The second-order valence-electron chi connectivity index (χ2n) is 3.78. The number of carbonyl (C=O) groups is 4. The minimum atomic E-state index is -2.71. The fourth-order valence-corrected chi connectivity index (χ4v) is 1.45. The number of ether oxygens (including phenoxy) is 4. The molecule has 2 bridgehead atoms. The van der Waals surface area contributed by atoms with Crippen LogP contribution in [-0.2, 0) is 38.1 Å². The van der Waals surface area contributed by atoms with Gasteiger partial charge in [0.2, 0.25) is 0 Å². The van der Waals surface area contributed by atoms with Crippen LogP contribution in [0.15, 0.2) is 12.2 Å². The molecule has 0 aliphatic carbocycles. The fraction of sp³-hybridized carbons (Fsp3) is 0.400. The summed E-state index contributed by atoms with van der Waals surface area (Å²) in [5.74, 6) is -10.9. The van der Waals surface area contributed by atoms with Gasteiger partial charge < -0.3 is 29.2 Å². The Morgan fingerprint density at radius 2 is 1.10 bits per heavy atom. The lowest BCUT2D eigenvalue weighted by atomic mass is 10.2. The fourth-order valence-electron chi connectivity index (χ4n) is 1.45. The molecule has 3 rings (SSSR count). The van der Waals surface area contributed by atoms with Crippen molar-refractivity contribution in [1.82, 2.24) is 0 Å². The first-order valence-electron chi connectivity index (χ1n) is 5.20. The van der Waals surface area contributed by atoms with Gasteiger partial charge in [0, 0.05) is 12.2 Å². The predicted octanol–water partition coefficient (Wildman–Crippen LogP) is -2.88. The van der Waals surface area contributed by atoms with Gasteiger partial charge in [-0.05, 0) is 0 Å². The Bertz CT molecular complexity index is 476. The van der Waals surface area contributed by atoms with Gasteiger partial charge >= 0.3 is 35.5 Å². The number of aliphatic hydroxyl groups excluding tert-OH is 2. The van der Waals surface area contributed by atoms with Crippen molar-refractivity contribution in [3.63, 3.8) is 0 Å². The zero-order chi connectivity index (χ0) is 15.0. The Hall–Kier alpha value is -2.46. The van der Waals surface area contributed by atoms with Crippen molar-refractivity contribution in [2.24, 2.45) is 0 Å². The van der Waals surface area contributed by atoms with Gasteiger partial charge in [-0.1, -0.05) is 0 Å². The third kappa shape index (κ3) is 2.00. The Morgan fingerprint density at radius 1 is 0.750 bits per heavy atom. The summed E-state index contributed by atoms with van der Waals surface area (Å²) in [6.07, 6.45) is 1.18. The summed E-state index contributed by atoms with van der Waals surface area (Å²) in [4.78, 5) is 46.1. The third-order valence-corrected chi connectivity index (χ3v) is 2.44. The van der Waals surface area contributed by atoms with E-state index in [0.717, 1.165) is 0 Å². The molecule has 2 N–H and O–H groups in total. The van der Waals surface area contributed by atoms with Crippen LogP contribution in [0.4, 0.5) is 0 Å². The van der Waals surface area contributed by atoms with E-state index in [9.17, 15) is 19.2 Å². The number of hydrogen-bond acceptors (Lipinski definition) is 10. The zero-order valence-corrected chi connectivity index (χ0v) is 9.73. The van der Waals surface area contributed by atoms with E-state index >= 15 is 0 Å². The normalized spacial score (nSPS) is 34.7. The smallest absolute Gasteiger partial charge is 0.399 e. The lowest BCUT2D eigenvalue weighted by molar-refractivity contribution is -0.314. The Balaban J connectivity index is 2.53. The van der Waals surface area contributed by atoms with E-state index in [1.165, 1.54) is 0 Å². The van der Waals surface area contributed by atoms with Crippen molar-refractivity contribution in [2.75, 3.05) is 13.2 Å². The maximum absolute atomic E-state index is 11.7. The minimum Gasteiger partial charge on any atom is -0.407 e. The van der Waals surface area contributed by atoms with Crippen molar-refractivity contribution in [1.29, 1.82) is 0 Å². The van der Waals surface area contributed by atoms with E-state index in [-0.39, 0.29) is 0 Å². The van der Waals surface area contributed by atoms with Gasteiger partial charge in [0.15, 0.2) is 0 Å². The first-order chi connectivity index (χ1) is 9.37. The van der Waals surface area contributed by atoms with Gasteiger partial charge in [-0.15, -0.1) is 0 Å². The Kier molecular flexibility index (Phi) is 3.19. The number of aliphatic hydroxyl groups is 2. The van der Waals surface area contributed by atoms with E-state index in [4.69, 9.17) is 10.2 Å². The van der Waals surface area contributed by atoms with Crippen LogP contribution < -0.4 is 0 Å². The molecular weight excluding hydrogens is 280 g/mol. The minimum absolute atomic E-state index is 0.590. The van der Waals surface area contributed by atoms with Gasteiger partial charge in [-0.2, -0.15) is 0 Å². The van der Waals surface area contributed by atoms with Crippen LogP contribution in [-0.4, -0.2) is 58.9 Å². The molecule has 0 radical (unpaired) electrons. The topological polar surface area (TPSA) is 146 Å². The molecule has 1 saturated heterocycles. The molecule has 3 heterocycles. The number of esters is 4. The van der Waals surface area contributed by atoms with Crippen molar-refractivity contribution in [3.05, 3.63) is 12.2 Å². The third-order valence-electron chi connectivity index (χ3n) is 2.44. The van der Waals surface area contributed by atoms with Crippen molar-refractivity contribution in [2.45, 2.75) is 11.6 Å². The maximum Gasteiger partial charge on any atom is 0.399 e. The molecule has 2 atom stereocenters. The largest absolute Gasteiger partial charge is 0.407 e. The van der Waals surface area contributed by atoms with Crippen LogP contribution >= 0.6 is 0 Å². The summed E-state index contributed by atoms with van der Waals surface area (Å²) >= 11 is 0. The van der Waals surface area contributed by atoms with E-state index in [0.29, 0.717) is 12.2 Å². The van der Waals surface area contributed by atoms with E-state index in [1.807, 2.05) is 0 Å². The van der Waals surface area contributed by atoms with E-state index in [1.54, 1.807) is 0 Å². The molecule has 0 spiro atoms. The van der Waals surface area contributed by atoms with Crippen LogP contribution in [0.3, 0.4) is 0 Å². The molecule has 3 aliphatic heterocycles. The maximum atomic E-state index is 11.7. The molecule has 10 nitrogen and oxygen atoms in total. The monoisotopic (exact) mass is 288 g/mol. The van der Waals surface area contributed by atoms with Gasteiger partial charge in [0.25, 0.3) is 0 Å². The second kappa shape index (κ2) is 4.58. The highest BCUT2D eigenvalue weighted by atomic mass is 16.8. The molecule has 0 aromatic heterocycles. The molecule has 2 unspecified atom stereocenters. The number of carbonyl (C=O) groups excluding carboxylic acids is 4. The highest BCUT2D eigenvalue weighted by molar-refractivity contribution is 5.99. The summed E-state index contributed by atoms with van der Waals surface area (Å²) in [6, 6.07) is 0. The Morgan fingerprint density at radius 3 is 1.40 bits per heavy atom. The van der Waals surface area contributed by atoms with Gasteiger partial charge in [-0.3, -0.25) is 0 Å². The summed E-state index contributed by atoms with van der Waals surface area (Å²) in [6.45, 7) is -2.43. The molecular formula is C10H8O10. The molecule has 10 heteroatoms. The first kappa shape index (κ1) is 14.0. The van der Waals surface area contributed by atoms with E-state index in [2.05, 4.69) is 18.9 Å². The molecule has 0 aromatic rings. The summed E-state index contributed by atoms with van der Waals surface area (Å²) in [7, 11) is 0. The predicted molar refractivity (Wildman–Crippen MR) is 53.1 cm³/mol. The number of rotatable bonds is 2. The lowest BCUT2D eigenvalue weighted by Gasteiger charge is -2.39. The number of fused-ring (bicyclic) bond motifs is 6. The zero-order valence-electron chi connectivity index (χ0n) is 9.73. The molecule has 20 heavy (non-hydrogen) atoms. The van der Waals surface area contributed by atoms with Crippen molar-refractivity contribution >= 4 is 23.9 Å². The van der Waals surface area contributed by atoms with Crippen LogP contribution in [0.5, 0.6) is 0 Å². The molecule has 0 saturated carbocycles. The van der Waals surface area contributed by atoms with Crippen LogP contribution in [0, 0.1) is 0 Å². The Labute approximate surface area is 110 Å². The summed E-state index contributed by atoms with van der Waals surface area (Å²) in [5.41, 5.74) is 0. The van der Waals surface area contributed by atoms with Crippen molar-refractivity contribution in [3.8, 4) is 0 Å². The van der Waals surface area contributed by atoms with Gasteiger partial charge in [-0.25, -0.2) is 19.2 Å². The van der Waals surface area contributed by atoms with Gasteiger partial charge in [0.1, 0.15) is 13.2 Å². The standard InChI is InChI=1S/C10H8O10/c11-3-9-7(15)20-10(4-12,8(16)19-9)18-6(14)2-1-5(13)17-9/h1-2,11-12H,3-4H2/b2-1-. The van der Waals surface area contributed by atoms with Crippen molar-refractivity contribution < 1.29 is 48.3 Å². The second-order valence-corrected chi connectivity index (χ2v) is 3.78. The quantitative estimate of drug-likeness (QED) is 0.508. The van der Waals surface area contributed by atoms with Gasteiger partial charge in [0.05, 0.1) is 0 Å². The molecule has 0 aromatic carbocycles.